The number of nitrogens with two attached hydrogens (primary N) is 1. The zero-order valence-electron chi connectivity index (χ0n) is 7.35. The van der Waals surface area contributed by atoms with Crippen LogP contribution in [0.15, 0.2) is 21.5 Å². The number of aromatic nitrogens is 1. The maximum absolute atomic E-state index is 11.4. The van der Waals surface area contributed by atoms with Gasteiger partial charge in [0.05, 0.1) is 23.7 Å². The van der Waals surface area contributed by atoms with Crippen LogP contribution in [0, 0.1) is 0 Å². The van der Waals surface area contributed by atoms with Gasteiger partial charge in [0.15, 0.2) is 0 Å². The van der Waals surface area contributed by atoms with E-state index in [-0.39, 0.29) is 12.1 Å². The van der Waals surface area contributed by atoms with Gasteiger partial charge in [-0.1, -0.05) is 0 Å². The number of hydrogen-bond donors (Lipinski definition) is 3. The summed E-state index contributed by atoms with van der Waals surface area (Å²) < 4.78 is 1.59. The molecule has 0 aromatic carbocycles. The van der Waals surface area contributed by atoms with Crippen molar-refractivity contribution in [1.82, 2.24) is 4.57 Å². The number of aliphatic hydroxyl groups excluding tert-OH is 2. The Kier molecular flexibility index (Phi) is 3.68. The average Bonchev–Trinajstić information content (AvgIpc) is 2.13. The summed E-state index contributed by atoms with van der Waals surface area (Å²) in [6.45, 7) is -0.363. The number of halogens is 1. The highest BCUT2D eigenvalue weighted by Gasteiger charge is 2.07. The molecule has 1 rings (SSSR count). The molecule has 0 aliphatic carbocycles. The Labute approximate surface area is 88.9 Å². The summed E-state index contributed by atoms with van der Waals surface area (Å²) >= 11 is 3.05. The minimum absolute atomic E-state index is 0.0268. The number of hydrogen-bond acceptors (Lipinski definition) is 4. The van der Waals surface area contributed by atoms with Crippen LogP contribution in [0.3, 0.4) is 0 Å². The Morgan fingerprint density at radius 1 is 1.64 bits per heavy atom. The van der Waals surface area contributed by atoms with Crippen LogP contribution < -0.4 is 11.3 Å². The van der Waals surface area contributed by atoms with Crippen molar-refractivity contribution >= 4 is 21.6 Å². The zero-order valence-corrected chi connectivity index (χ0v) is 8.94. The number of aliphatic hydroxyl groups is 2. The fourth-order valence-corrected chi connectivity index (χ4v) is 1.53. The highest BCUT2D eigenvalue weighted by molar-refractivity contribution is 9.10. The predicted octanol–water partition coefficient (Wildman–Crippen LogP) is -0.454. The monoisotopic (exact) mass is 262 g/mol. The van der Waals surface area contributed by atoms with Gasteiger partial charge in [0.1, 0.15) is 0 Å². The molecule has 6 heteroatoms. The van der Waals surface area contributed by atoms with E-state index < -0.39 is 12.7 Å². The molecule has 0 saturated carbocycles. The molecule has 14 heavy (non-hydrogen) atoms. The summed E-state index contributed by atoms with van der Waals surface area (Å²) in [5, 5.41) is 17.8. The van der Waals surface area contributed by atoms with E-state index in [1.807, 2.05) is 0 Å². The molecule has 1 atom stereocenters. The van der Waals surface area contributed by atoms with E-state index in [2.05, 4.69) is 15.9 Å². The van der Waals surface area contributed by atoms with Gasteiger partial charge in [0.25, 0.3) is 5.56 Å². The molecule has 0 aliphatic heterocycles. The van der Waals surface area contributed by atoms with Gasteiger partial charge in [-0.05, 0) is 22.0 Å². The molecule has 0 fully saturated rings. The summed E-state index contributed by atoms with van der Waals surface area (Å²) in [5.74, 6) is 0. The van der Waals surface area contributed by atoms with Crippen LogP contribution in [0.4, 0.5) is 5.69 Å². The Morgan fingerprint density at radius 2 is 2.29 bits per heavy atom. The molecule has 0 bridgehead atoms. The Bertz CT molecular complexity index is 377. The molecular formula is C8H11BrN2O3. The molecule has 0 amide bonds. The van der Waals surface area contributed by atoms with E-state index in [4.69, 9.17) is 15.9 Å². The molecule has 0 aliphatic rings. The van der Waals surface area contributed by atoms with E-state index in [0.29, 0.717) is 10.2 Å². The van der Waals surface area contributed by atoms with Gasteiger partial charge in [-0.25, -0.2) is 0 Å². The third-order valence-corrected chi connectivity index (χ3v) is 2.25. The van der Waals surface area contributed by atoms with Crippen LogP contribution >= 0.6 is 15.9 Å². The molecule has 4 N–H and O–H groups in total. The third-order valence-electron chi connectivity index (χ3n) is 1.68. The van der Waals surface area contributed by atoms with Crippen LogP contribution in [0.5, 0.6) is 0 Å². The first-order valence-electron chi connectivity index (χ1n) is 3.99. The summed E-state index contributed by atoms with van der Waals surface area (Å²) in [4.78, 5) is 11.4. The average molecular weight is 263 g/mol. The molecule has 1 aromatic rings. The number of nitrogen functional groups attached to an aromatic ring is 1. The van der Waals surface area contributed by atoms with Crippen molar-refractivity contribution in [1.29, 1.82) is 0 Å². The molecule has 0 radical (unpaired) electrons. The summed E-state index contributed by atoms with van der Waals surface area (Å²) in [6.07, 6.45) is 0.466. The lowest BCUT2D eigenvalue weighted by atomic mass is 10.3. The standard InChI is InChI=1S/C8H11BrN2O3/c9-7-1-5(10)2-11(8(7)14)3-6(13)4-12/h1-2,6,12-13H,3-4,10H2. The summed E-state index contributed by atoms with van der Waals surface area (Å²) in [7, 11) is 0. The first kappa shape index (κ1) is 11.2. The minimum Gasteiger partial charge on any atom is -0.398 e. The quantitative estimate of drug-likeness (QED) is 0.689. The van der Waals surface area contributed by atoms with E-state index >= 15 is 0 Å². The number of anilines is 1. The Hall–Kier alpha value is -0.850. The Morgan fingerprint density at radius 3 is 2.86 bits per heavy atom. The van der Waals surface area contributed by atoms with Crippen molar-refractivity contribution in [3.63, 3.8) is 0 Å². The highest BCUT2D eigenvalue weighted by Crippen LogP contribution is 2.08. The minimum atomic E-state index is -0.957. The Balaban J connectivity index is 3.02. The van der Waals surface area contributed by atoms with Crippen LogP contribution in [-0.4, -0.2) is 27.5 Å². The maximum Gasteiger partial charge on any atom is 0.265 e. The van der Waals surface area contributed by atoms with Gasteiger partial charge in [0, 0.05) is 11.9 Å². The second-order valence-electron chi connectivity index (χ2n) is 2.92. The number of pyridine rings is 1. The topological polar surface area (TPSA) is 88.5 Å². The van der Waals surface area contributed by atoms with Gasteiger partial charge in [-0.2, -0.15) is 0 Å². The maximum atomic E-state index is 11.4. The van der Waals surface area contributed by atoms with Gasteiger partial charge >= 0.3 is 0 Å². The van der Waals surface area contributed by atoms with Crippen molar-refractivity contribution in [2.45, 2.75) is 12.6 Å². The normalized spacial score (nSPS) is 12.8. The lowest BCUT2D eigenvalue weighted by Gasteiger charge is -2.10. The van der Waals surface area contributed by atoms with E-state index in [9.17, 15) is 4.79 Å². The highest BCUT2D eigenvalue weighted by atomic mass is 79.9. The second kappa shape index (κ2) is 4.59. The van der Waals surface area contributed by atoms with Crippen LogP contribution in [0.1, 0.15) is 0 Å². The van der Waals surface area contributed by atoms with Crippen molar-refractivity contribution < 1.29 is 10.2 Å². The van der Waals surface area contributed by atoms with E-state index in [1.165, 1.54) is 16.8 Å². The SMILES string of the molecule is Nc1cc(Br)c(=O)n(CC(O)CO)c1. The third kappa shape index (κ3) is 2.57. The smallest absolute Gasteiger partial charge is 0.265 e. The van der Waals surface area contributed by atoms with Crippen molar-refractivity contribution in [2.24, 2.45) is 0 Å². The first-order chi connectivity index (χ1) is 6.54. The molecule has 78 valence electrons. The van der Waals surface area contributed by atoms with Gasteiger partial charge in [-0.3, -0.25) is 4.79 Å². The van der Waals surface area contributed by atoms with Gasteiger partial charge < -0.3 is 20.5 Å². The predicted molar refractivity (Wildman–Crippen MR) is 55.9 cm³/mol. The van der Waals surface area contributed by atoms with Crippen LogP contribution in [0.2, 0.25) is 0 Å². The molecule has 0 saturated heterocycles. The largest absolute Gasteiger partial charge is 0.398 e. The van der Waals surface area contributed by atoms with Crippen molar-refractivity contribution in [3.8, 4) is 0 Å². The lowest BCUT2D eigenvalue weighted by molar-refractivity contribution is 0.0804. The van der Waals surface area contributed by atoms with Gasteiger partial charge in [-0.15, -0.1) is 0 Å². The zero-order chi connectivity index (χ0) is 10.7. The molecule has 0 spiro atoms. The lowest BCUT2D eigenvalue weighted by Crippen LogP contribution is -2.28. The summed E-state index contributed by atoms with van der Waals surface area (Å²) in [5.41, 5.74) is 5.64. The van der Waals surface area contributed by atoms with Crippen molar-refractivity contribution in [2.75, 3.05) is 12.3 Å². The fraction of sp³-hybridized carbons (Fsp3) is 0.375. The van der Waals surface area contributed by atoms with Gasteiger partial charge in [0.2, 0.25) is 0 Å². The molecule has 1 unspecified atom stereocenters. The van der Waals surface area contributed by atoms with Crippen molar-refractivity contribution in [3.05, 3.63) is 27.1 Å². The fourth-order valence-electron chi connectivity index (χ4n) is 1.04. The van der Waals surface area contributed by atoms with Crippen LogP contribution in [-0.2, 0) is 6.54 Å². The number of rotatable bonds is 3. The number of nitrogens with zero attached hydrogens (tertiary/aromatic N) is 1. The summed E-state index contributed by atoms with van der Waals surface area (Å²) in [6, 6.07) is 1.49. The molecular weight excluding hydrogens is 252 g/mol. The van der Waals surface area contributed by atoms with E-state index in [1.54, 1.807) is 0 Å². The second-order valence-corrected chi connectivity index (χ2v) is 3.77. The van der Waals surface area contributed by atoms with E-state index in [0.717, 1.165) is 0 Å². The molecule has 1 aromatic heterocycles. The first-order valence-corrected chi connectivity index (χ1v) is 4.78. The van der Waals surface area contributed by atoms with Crippen LogP contribution in [0.25, 0.3) is 0 Å². The molecule has 1 heterocycles. The molecule has 5 nitrogen and oxygen atoms in total.